The van der Waals surface area contributed by atoms with Gasteiger partial charge in [-0.05, 0) is 46.9 Å². The minimum atomic E-state index is -1.72. The predicted octanol–water partition coefficient (Wildman–Crippen LogP) is 1.02. The van der Waals surface area contributed by atoms with Gasteiger partial charge < -0.3 is 68.6 Å². The number of aliphatic carboxylic acids is 2. The third-order valence-electron chi connectivity index (χ3n) is 13.2. The van der Waals surface area contributed by atoms with Crippen LogP contribution in [0.25, 0.3) is 10.9 Å². The Labute approximate surface area is 455 Å². The van der Waals surface area contributed by atoms with Crippen molar-refractivity contribution in [2.24, 2.45) is 11.5 Å². The number of hydrogen-bond acceptors (Lipinski definition) is 12. The van der Waals surface area contributed by atoms with Crippen LogP contribution < -0.4 is 43.4 Å². The molecule has 1 heterocycles. The Morgan fingerprint density at radius 1 is 0.620 bits per heavy atom. The van der Waals surface area contributed by atoms with Gasteiger partial charge in [0.25, 0.3) is 0 Å². The monoisotopic (exact) mass is 1090 g/mol. The molecule has 8 amide bonds. The number of amides is 8. The van der Waals surface area contributed by atoms with E-state index in [0.717, 1.165) is 10.4 Å². The summed E-state index contributed by atoms with van der Waals surface area (Å²) in [6.45, 7) is 2.69. The number of nitrogens with zero attached hydrogens (tertiary/aromatic N) is 1. The second kappa shape index (κ2) is 29.4. The Morgan fingerprint density at radius 2 is 1.19 bits per heavy atom. The number of aromatic nitrogens is 1. The van der Waals surface area contributed by atoms with Crippen molar-refractivity contribution in [2.45, 2.75) is 113 Å². The Morgan fingerprint density at radius 3 is 1.78 bits per heavy atom. The van der Waals surface area contributed by atoms with Crippen LogP contribution in [0.2, 0.25) is 0 Å². The maximum Gasteiger partial charge on any atom is 0.305 e. The van der Waals surface area contributed by atoms with Crippen LogP contribution in [0.5, 0.6) is 5.75 Å². The van der Waals surface area contributed by atoms with Crippen molar-refractivity contribution >= 4 is 70.1 Å². The molecule has 0 aliphatic rings. The molecule has 1 aromatic heterocycles. The van der Waals surface area contributed by atoms with Crippen molar-refractivity contribution in [3.63, 3.8) is 0 Å². The van der Waals surface area contributed by atoms with Gasteiger partial charge >= 0.3 is 11.9 Å². The summed E-state index contributed by atoms with van der Waals surface area (Å²) < 4.78 is 0. The quantitative estimate of drug-likeness (QED) is 0.0306. The number of aromatic amines is 1. The number of nitrogens with two attached hydrogens (primary N) is 2. The van der Waals surface area contributed by atoms with E-state index in [4.69, 9.17) is 11.5 Å². The number of rotatable bonds is 30. The van der Waals surface area contributed by atoms with E-state index in [1.165, 1.54) is 31.3 Å². The number of carboxylic acids is 2. The molecule has 79 heavy (non-hydrogen) atoms. The van der Waals surface area contributed by atoms with Gasteiger partial charge in [0.2, 0.25) is 47.3 Å². The van der Waals surface area contributed by atoms with Gasteiger partial charge in [0.15, 0.2) is 0 Å². The first-order valence-electron chi connectivity index (χ1n) is 25.6. The largest absolute Gasteiger partial charge is 0.508 e. The number of unbranched alkanes of at least 4 members (excludes halogenated alkanes) is 1. The fraction of sp³-hybridized carbons (Fsp3) is 0.357. The normalized spacial score (nSPS) is 14.1. The highest BCUT2D eigenvalue weighted by Gasteiger charge is 2.37. The van der Waals surface area contributed by atoms with Gasteiger partial charge in [-0.3, -0.25) is 47.9 Å². The average Bonchev–Trinajstić information content (AvgIpc) is 3.84. The van der Waals surface area contributed by atoms with Crippen molar-refractivity contribution in [1.82, 2.24) is 41.8 Å². The highest BCUT2D eigenvalue weighted by Crippen LogP contribution is 2.24. The SMILES string of the molecule is CCCC[C@@H](C(=O)N[C@@H](CC(=O)O)C(=O)N[C@@H](Cc1ccccc1)C(N)=O)N(C)C(=O)[C@H](Cc1c[nH]c2ccccc12)NC(=O)CNC(=O)[C@H](Cc1ccccc1)NC(=O)[C@@H](NC(=O)[C@@H](N)CC(=O)O)[C@H](C)c1ccc(O)cc1. The van der Waals surface area contributed by atoms with Crippen LogP contribution in [0.3, 0.4) is 0 Å². The number of phenols is 1. The first-order valence-corrected chi connectivity index (χ1v) is 25.6. The highest BCUT2D eigenvalue weighted by molar-refractivity contribution is 5.98. The molecule has 0 aliphatic heterocycles. The van der Waals surface area contributed by atoms with Gasteiger partial charge in [-0.2, -0.15) is 0 Å². The summed E-state index contributed by atoms with van der Waals surface area (Å²) in [6, 6.07) is 20.0. The Balaban J connectivity index is 1.38. The topological polar surface area (TPSA) is 375 Å². The van der Waals surface area contributed by atoms with E-state index in [-0.39, 0.29) is 31.4 Å². The molecule has 0 radical (unpaired) electrons. The van der Waals surface area contributed by atoms with Gasteiger partial charge in [0.05, 0.1) is 25.4 Å². The number of carbonyl (C=O) groups is 10. The standard InChI is InChI=1S/C56H68N10O13/c1-4-5-20-45(54(77)63-43(29-48(71)72)53(76)62-41(50(58)73)25-33-14-8-6-9-15-33)66(3)56(79)44(27-36-30-59-40-19-13-12-18-38(36)40)61-46(68)31-60-52(75)42(26-34-16-10-7-11-17-34)64-55(78)49(65-51(74)39(57)28-47(69)70)32(2)35-21-23-37(67)24-22-35/h6-19,21-24,30,32,39,41-45,49,59,67H,4-5,20,25-29,31,57H2,1-3H3,(H2,58,73)(H,60,75)(H,61,68)(H,62,76)(H,63,77)(H,64,78)(H,65,74)(H,69,70)(H,71,72)/t32-,39+,41+,42+,43+,44+,45+,49+/m1/s1. The number of carbonyl (C=O) groups excluding carboxylic acids is 8. The molecule has 23 nitrogen and oxygen atoms in total. The molecule has 4 aromatic carbocycles. The van der Waals surface area contributed by atoms with Crippen molar-refractivity contribution in [1.29, 1.82) is 0 Å². The highest BCUT2D eigenvalue weighted by atomic mass is 16.4. The second-order valence-electron chi connectivity index (χ2n) is 19.1. The van der Waals surface area contributed by atoms with Crippen molar-refractivity contribution in [3.8, 4) is 5.75 Å². The summed E-state index contributed by atoms with van der Waals surface area (Å²) in [5.41, 5.74) is 14.5. The minimum absolute atomic E-state index is 0.0253. The van der Waals surface area contributed by atoms with E-state index in [1.54, 1.807) is 98.0 Å². The zero-order chi connectivity index (χ0) is 57.8. The van der Waals surface area contributed by atoms with Crippen LogP contribution in [0, 0.1) is 0 Å². The van der Waals surface area contributed by atoms with Crippen LogP contribution in [0.1, 0.15) is 74.1 Å². The molecule has 5 aromatic rings. The molecule has 23 heteroatoms. The van der Waals surface area contributed by atoms with Crippen molar-refractivity contribution in [2.75, 3.05) is 13.6 Å². The smallest absolute Gasteiger partial charge is 0.305 e. The van der Waals surface area contributed by atoms with E-state index in [9.17, 15) is 63.3 Å². The van der Waals surface area contributed by atoms with Crippen molar-refractivity contribution < 1.29 is 63.3 Å². The number of para-hydroxylation sites is 1. The molecular weight excluding hydrogens is 1020 g/mol. The average molecular weight is 1090 g/mol. The van der Waals surface area contributed by atoms with Gasteiger partial charge in [0.1, 0.15) is 42.0 Å². The first-order chi connectivity index (χ1) is 37.6. The van der Waals surface area contributed by atoms with Gasteiger partial charge in [0, 0.05) is 49.3 Å². The zero-order valence-electron chi connectivity index (χ0n) is 44.0. The lowest BCUT2D eigenvalue weighted by atomic mass is 9.91. The maximum absolute atomic E-state index is 14.8. The summed E-state index contributed by atoms with van der Waals surface area (Å²) >= 11 is 0. The number of nitrogens with one attached hydrogen (secondary N) is 7. The number of H-pyrrole nitrogens is 1. The Kier molecular flexibility index (Phi) is 22.6. The summed E-state index contributed by atoms with van der Waals surface area (Å²) in [4.78, 5) is 139. The van der Waals surface area contributed by atoms with Crippen molar-refractivity contribution in [3.05, 3.63) is 138 Å². The molecule has 8 atom stereocenters. The molecule has 0 aliphatic carbocycles. The number of fused-ring (bicyclic) bond motifs is 1. The van der Waals surface area contributed by atoms with Gasteiger partial charge in [-0.1, -0.05) is 118 Å². The third kappa shape index (κ3) is 18.3. The number of primary amides is 1. The molecule has 0 bridgehead atoms. The molecule has 0 unspecified atom stereocenters. The lowest BCUT2D eigenvalue weighted by molar-refractivity contribution is -0.144. The second-order valence-corrected chi connectivity index (χ2v) is 19.1. The summed E-state index contributed by atoms with van der Waals surface area (Å²) in [5.74, 6) is -10.9. The van der Waals surface area contributed by atoms with E-state index in [2.05, 4.69) is 36.9 Å². The maximum atomic E-state index is 14.8. The molecule has 0 saturated heterocycles. The third-order valence-corrected chi connectivity index (χ3v) is 13.2. The first kappa shape index (κ1) is 60.7. The Hall–Kier alpha value is -9.12. The zero-order valence-corrected chi connectivity index (χ0v) is 44.0. The minimum Gasteiger partial charge on any atom is -0.508 e. The van der Waals surface area contributed by atoms with Gasteiger partial charge in [-0.25, -0.2) is 0 Å². The van der Waals surface area contributed by atoms with E-state index >= 15 is 0 Å². The number of likely N-dealkylation sites (N-methyl/N-ethyl adjacent to an activating group) is 1. The van der Waals surface area contributed by atoms with Crippen LogP contribution in [-0.2, 0) is 67.2 Å². The van der Waals surface area contributed by atoms with E-state index in [1.807, 2.05) is 6.92 Å². The van der Waals surface area contributed by atoms with Crippen LogP contribution >= 0.6 is 0 Å². The number of carboxylic acid groups (broad SMARTS) is 2. The fourth-order valence-electron chi connectivity index (χ4n) is 8.80. The number of phenolic OH excluding ortho intramolecular Hbond substituents is 1. The summed E-state index contributed by atoms with van der Waals surface area (Å²) in [6.07, 6.45) is 0.713. The summed E-state index contributed by atoms with van der Waals surface area (Å²) in [7, 11) is 1.32. The molecule has 0 saturated carbocycles. The molecular formula is C56H68N10O13. The lowest BCUT2D eigenvalue weighted by Gasteiger charge is -2.32. The summed E-state index contributed by atoms with van der Waals surface area (Å²) in [5, 5.41) is 45.1. The van der Waals surface area contributed by atoms with Crippen LogP contribution in [-0.4, -0.2) is 140 Å². The lowest BCUT2D eigenvalue weighted by Crippen LogP contribution is -2.59. The van der Waals surface area contributed by atoms with Crippen LogP contribution in [0.4, 0.5) is 0 Å². The molecule has 420 valence electrons. The number of benzene rings is 4. The molecule has 5 rings (SSSR count). The van der Waals surface area contributed by atoms with E-state index < -0.39 is 127 Å². The molecule has 0 spiro atoms. The number of aromatic hydroxyl groups is 1. The van der Waals surface area contributed by atoms with E-state index in [0.29, 0.717) is 40.5 Å². The fourth-order valence-corrected chi connectivity index (χ4v) is 8.80. The molecule has 14 N–H and O–H groups in total. The molecule has 0 fully saturated rings. The number of hydrogen-bond donors (Lipinski definition) is 12. The Bertz CT molecular complexity index is 2940. The van der Waals surface area contributed by atoms with Gasteiger partial charge in [-0.15, -0.1) is 0 Å². The predicted molar refractivity (Wildman–Crippen MR) is 289 cm³/mol. The van der Waals surface area contributed by atoms with Crippen LogP contribution in [0.15, 0.2) is 115 Å².